The smallest absolute Gasteiger partial charge is 0.345 e. The van der Waals surface area contributed by atoms with Gasteiger partial charge in [-0.25, -0.2) is 4.79 Å². The number of rotatable bonds is 7. The molecule has 3 aromatic carbocycles. The summed E-state index contributed by atoms with van der Waals surface area (Å²) >= 11 is 0. The molecule has 0 atom stereocenters. The highest BCUT2D eigenvalue weighted by Gasteiger charge is 2.36. The van der Waals surface area contributed by atoms with Crippen LogP contribution in [0.1, 0.15) is 57.8 Å². The van der Waals surface area contributed by atoms with Crippen molar-refractivity contribution in [2.75, 3.05) is 6.61 Å². The summed E-state index contributed by atoms with van der Waals surface area (Å²) < 4.78 is 11.8. The SMILES string of the molecule is O=C(COc1ccc([S+](c2ccccc2)c2ccccc2)cc1)OC1(C#CC2CCCCC2)CCCC1. The normalized spacial score (nSPS) is 17.1. The van der Waals surface area contributed by atoms with Gasteiger partial charge in [0.25, 0.3) is 0 Å². The van der Waals surface area contributed by atoms with Crippen LogP contribution in [-0.2, 0) is 20.4 Å². The lowest BCUT2D eigenvalue weighted by Gasteiger charge is -2.24. The summed E-state index contributed by atoms with van der Waals surface area (Å²) in [6.07, 6.45) is 9.95. The van der Waals surface area contributed by atoms with E-state index in [1.165, 1.54) is 46.8 Å². The Morgan fingerprint density at radius 1 is 0.757 bits per heavy atom. The van der Waals surface area contributed by atoms with Gasteiger partial charge in [0, 0.05) is 5.92 Å². The molecule has 4 heteroatoms. The first-order valence-corrected chi connectivity index (χ1v) is 14.8. The van der Waals surface area contributed by atoms with E-state index < -0.39 is 5.60 Å². The maximum atomic E-state index is 12.8. The molecule has 5 rings (SSSR count). The lowest BCUT2D eigenvalue weighted by atomic mass is 9.89. The Morgan fingerprint density at radius 2 is 1.32 bits per heavy atom. The van der Waals surface area contributed by atoms with E-state index in [-0.39, 0.29) is 23.5 Å². The molecule has 0 amide bonds. The largest absolute Gasteiger partial charge is 0.482 e. The molecule has 190 valence electrons. The second kappa shape index (κ2) is 12.4. The molecule has 2 fully saturated rings. The first kappa shape index (κ1) is 25.5. The molecule has 2 aliphatic rings. The van der Waals surface area contributed by atoms with Crippen LogP contribution in [0.25, 0.3) is 0 Å². The van der Waals surface area contributed by atoms with E-state index in [1.807, 2.05) is 24.3 Å². The van der Waals surface area contributed by atoms with Crippen molar-refractivity contribution in [1.29, 1.82) is 0 Å². The highest BCUT2D eigenvalue weighted by Crippen LogP contribution is 2.34. The number of carbonyl (C=O) groups is 1. The minimum atomic E-state index is -0.624. The van der Waals surface area contributed by atoms with Crippen LogP contribution in [-0.4, -0.2) is 18.2 Å². The van der Waals surface area contributed by atoms with Crippen LogP contribution < -0.4 is 4.74 Å². The zero-order chi connectivity index (χ0) is 25.3. The van der Waals surface area contributed by atoms with Crippen molar-refractivity contribution >= 4 is 16.9 Å². The van der Waals surface area contributed by atoms with Gasteiger partial charge in [0.15, 0.2) is 26.9 Å². The predicted octanol–water partition coefficient (Wildman–Crippen LogP) is 7.60. The van der Waals surface area contributed by atoms with Gasteiger partial charge in [-0.15, -0.1) is 0 Å². The molecule has 0 aliphatic heterocycles. The lowest BCUT2D eigenvalue weighted by molar-refractivity contribution is -0.156. The lowest BCUT2D eigenvalue weighted by Crippen LogP contribution is -2.33. The zero-order valence-electron chi connectivity index (χ0n) is 21.4. The summed E-state index contributed by atoms with van der Waals surface area (Å²) in [4.78, 5) is 16.5. The molecular weight excluding hydrogens is 476 g/mol. The molecule has 0 bridgehead atoms. The Kier molecular flexibility index (Phi) is 8.53. The van der Waals surface area contributed by atoms with E-state index in [2.05, 4.69) is 72.5 Å². The van der Waals surface area contributed by atoms with Crippen molar-refractivity contribution in [2.24, 2.45) is 5.92 Å². The van der Waals surface area contributed by atoms with E-state index in [4.69, 9.17) is 9.47 Å². The zero-order valence-corrected chi connectivity index (χ0v) is 22.2. The monoisotopic (exact) mass is 511 g/mol. The third-order valence-corrected chi connectivity index (χ3v) is 9.43. The molecule has 2 aliphatic carbocycles. The third kappa shape index (κ3) is 6.79. The predicted molar refractivity (Wildman–Crippen MR) is 149 cm³/mol. The number of carbonyl (C=O) groups excluding carboxylic acids is 1. The van der Waals surface area contributed by atoms with Crippen molar-refractivity contribution in [3.63, 3.8) is 0 Å². The Bertz CT molecular complexity index is 1160. The molecule has 0 unspecified atom stereocenters. The molecule has 0 radical (unpaired) electrons. The minimum absolute atomic E-state index is 0.102. The first-order chi connectivity index (χ1) is 18.2. The average Bonchev–Trinajstić information content (AvgIpc) is 3.42. The topological polar surface area (TPSA) is 35.5 Å². The molecule has 0 aromatic heterocycles. The highest BCUT2D eigenvalue weighted by molar-refractivity contribution is 7.97. The van der Waals surface area contributed by atoms with Crippen molar-refractivity contribution in [1.82, 2.24) is 0 Å². The summed E-state index contributed by atoms with van der Waals surface area (Å²) in [5.74, 6) is 7.64. The molecule has 0 spiro atoms. The van der Waals surface area contributed by atoms with Gasteiger partial charge in [0.05, 0.1) is 10.9 Å². The molecule has 0 saturated heterocycles. The summed E-state index contributed by atoms with van der Waals surface area (Å²) in [6.45, 7) is -0.102. The van der Waals surface area contributed by atoms with E-state index >= 15 is 0 Å². The van der Waals surface area contributed by atoms with Crippen molar-refractivity contribution in [3.8, 4) is 17.6 Å². The van der Waals surface area contributed by atoms with Crippen molar-refractivity contribution < 1.29 is 14.3 Å². The quantitative estimate of drug-likeness (QED) is 0.186. The van der Waals surface area contributed by atoms with Gasteiger partial charge in [-0.05, 0) is 87.1 Å². The molecule has 0 N–H and O–H groups in total. The van der Waals surface area contributed by atoms with Crippen LogP contribution in [0, 0.1) is 17.8 Å². The summed E-state index contributed by atoms with van der Waals surface area (Å²) in [6, 6.07) is 29.2. The van der Waals surface area contributed by atoms with Gasteiger partial charge in [-0.3, -0.25) is 0 Å². The number of hydrogen-bond acceptors (Lipinski definition) is 3. The fraction of sp³-hybridized carbons (Fsp3) is 0.364. The van der Waals surface area contributed by atoms with Crippen LogP contribution >= 0.6 is 0 Å². The Morgan fingerprint density at radius 3 is 1.92 bits per heavy atom. The maximum Gasteiger partial charge on any atom is 0.345 e. The molecule has 3 nitrogen and oxygen atoms in total. The Labute approximate surface area is 223 Å². The van der Waals surface area contributed by atoms with Crippen molar-refractivity contribution in [3.05, 3.63) is 84.9 Å². The van der Waals surface area contributed by atoms with Crippen LogP contribution in [0.5, 0.6) is 5.75 Å². The maximum absolute atomic E-state index is 12.8. The summed E-state index contributed by atoms with van der Waals surface area (Å²) in [5, 5.41) is 0. The molecule has 37 heavy (non-hydrogen) atoms. The molecular formula is C33H35O3S+. The number of hydrogen-bond donors (Lipinski definition) is 0. The van der Waals surface area contributed by atoms with Crippen LogP contribution in [0.15, 0.2) is 99.6 Å². The highest BCUT2D eigenvalue weighted by atomic mass is 32.2. The fourth-order valence-electron chi connectivity index (χ4n) is 5.26. The van der Waals surface area contributed by atoms with Gasteiger partial charge in [0.1, 0.15) is 5.75 Å². The van der Waals surface area contributed by atoms with E-state index in [0.717, 1.165) is 25.7 Å². The molecule has 2 saturated carbocycles. The number of benzene rings is 3. The van der Waals surface area contributed by atoms with Gasteiger partial charge in [-0.2, -0.15) is 0 Å². The Balaban J connectivity index is 1.22. The number of esters is 1. The average molecular weight is 512 g/mol. The second-order valence-corrected chi connectivity index (χ2v) is 12.0. The minimum Gasteiger partial charge on any atom is -0.482 e. The van der Waals surface area contributed by atoms with Gasteiger partial charge in [-0.1, -0.05) is 67.5 Å². The fourth-order valence-corrected chi connectivity index (χ4v) is 7.35. The molecule has 3 aromatic rings. The van der Waals surface area contributed by atoms with Crippen LogP contribution in [0.3, 0.4) is 0 Å². The van der Waals surface area contributed by atoms with E-state index in [9.17, 15) is 4.79 Å². The van der Waals surface area contributed by atoms with Crippen LogP contribution in [0.4, 0.5) is 0 Å². The first-order valence-electron chi connectivity index (χ1n) is 13.5. The standard InChI is InChI=1S/C33H35O3S/c34-32(36-33(23-10-11-24-33)25-22-27-12-4-1-5-13-27)26-35-28-18-20-31(21-19-28)37(29-14-6-2-7-15-29)30-16-8-3-9-17-30/h2-3,6-9,14-21,27H,1,4-5,10-13,23-24,26H2/q+1. The Hall–Kier alpha value is -3.16. The summed E-state index contributed by atoms with van der Waals surface area (Å²) in [7, 11) is -0.212. The van der Waals surface area contributed by atoms with Crippen molar-refractivity contribution in [2.45, 2.75) is 78.1 Å². The van der Waals surface area contributed by atoms with Gasteiger partial charge >= 0.3 is 5.97 Å². The van der Waals surface area contributed by atoms with Crippen LogP contribution in [0.2, 0.25) is 0 Å². The summed E-state index contributed by atoms with van der Waals surface area (Å²) in [5.41, 5.74) is -0.624. The molecule has 0 heterocycles. The third-order valence-electron chi connectivity index (χ3n) is 7.20. The second-order valence-electron chi connectivity index (χ2n) is 9.97. The van der Waals surface area contributed by atoms with E-state index in [0.29, 0.717) is 11.7 Å². The number of ether oxygens (including phenoxy) is 2. The van der Waals surface area contributed by atoms with Gasteiger partial charge in [0.2, 0.25) is 0 Å². The van der Waals surface area contributed by atoms with E-state index in [1.54, 1.807) is 0 Å². The van der Waals surface area contributed by atoms with Gasteiger partial charge < -0.3 is 9.47 Å².